The number of benzene rings is 3. The Bertz CT molecular complexity index is 1180. The van der Waals surface area contributed by atoms with Gasteiger partial charge in [-0.15, -0.1) is 0 Å². The van der Waals surface area contributed by atoms with Crippen LogP contribution in [0.3, 0.4) is 0 Å². The molecule has 0 aliphatic carbocycles. The van der Waals surface area contributed by atoms with Gasteiger partial charge in [0.2, 0.25) is 4.77 Å². The van der Waals surface area contributed by atoms with Gasteiger partial charge in [-0.2, -0.15) is 14.9 Å². The second-order valence-electron chi connectivity index (χ2n) is 5.64. The Hall–Kier alpha value is -2.96. The molecule has 1 aromatic heterocycles. The van der Waals surface area contributed by atoms with E-state index in [9.17, 15) is 5.11 Å². The summed E-state index contributed by atoms with van der Waals surface area (Å²) in [7, 11) is 0. The number of halogens is 1. The maximum Gasteiger partial charge on any atom is 0.216 e. The molecule has 2 N–H and O–H groups in total. The normalized spacial score (nSPS) is 11.4. The fourth-order valence-corrected chi connectivity index (χ4v) is 3.03. The number of phenolic OH excluding ortho intramolecular Hbond substituents is 1. The third kappa shape index (κ3) is 3.00. The Morgan fingerprint density at radius 3 is 2.65 bits per heavy atom. The molecule has 1 heterocycles. The van der Waals surface area contributed by atoms with Crippen molar-refractivity contribution in [3.05, 3.63) is 76.0 Å². The van der Waals surface area contributed by atoms with E-state index in [0.29, 0.717) is 21.2 Å². The van der Waals surface area contributed by atoms with E-state index >= 15 is 0 Å². The summed E-state index contributed by atoms with van der Waals surface area (Å²) >= 11 is 11.2. The topological polar surface area (TPSA) is 66.2 Å². The van der Waals surface area contributed by atoms with E-state index in [1.54, 1.807) is 24.4 Å². The summed E-state index contributed by atoms with van der Waals surface area (Å²) in [4.78, 5) is 0. The number of nitrogens with zero attached hydrogens (tertiary/aromatic N) is 3. The van der Waals surface area contributed by atoms with E-state index < -0.39 is 0 Å². The lowest BCUT2D eigenvalue weighted by atomic mass is 10.0. The minimum Gasteiger partial charge on any atom is -0.507 e. The lowest BCUT2D eigenvalue weighted by molar-refractivity contribution is 0.475. The predicted molar refractivity (Wildman–Crippen MR) is 106 cm³/mol. The van der Waals surface area contributed by atoms with Crippen LogP contribution < -0.4 is 0 Å². The monoisotopic (exact) mass is 380 g/mol. The summed E-state index contributed by atoms with van der Waals surface area (Å²) in [5.41, 5.74) is 1.44. The fourth-order valence-electron chi connectivity index (χ4n) is 2.72. The van der Waals surface area contributed by atoms with Crippen LogP contribution in [0.15, 0.2) is 65.8 Å². The van der Waals surface area contributed by atoms with Crippen molar-refractivity contribution >= 4 is 40.8 Å². The molecule has 4 aromatic rings. The number of hydrogen-bond acceptors (Lipinski definition) is 4. The molecule has 26 heavy (non-hydrogen) atoms. The van der Waals surface area contributed by atoms with Crippen LogP contribution in [0.1, 0.15) is 5.56 Å². The van der Waals surface area contributed by atoms with Gasteiger partial charge in [-0.25, -0.2) is 5.10 Å². The molecule has 0 saturated heterocycles. The number of H-pyrrole nitrogens is 1. The SMILES string of the molecule is Oc1ccc2ccccc2c1C=Nn1c(-c2ccc(Cl)cc2)n[nH]c1=S. The molecule has 0 bridgehead atoms. The first kappa shape index (κ1) is 16.5. The van der Waals surface area contributed by atoms with Gasteiger partial charge in [-0.1, -0.05) is 41.9 Å². The van der Waals surface area contributed by atoms with E-state index in [2.05, 4.69) is 15.3 Å². The van der Waals surface area contributed by atoms with Crippen LogP contribution >= 0.6 is 23.8 Å². The van der Waals surface area contributed by atoms with Crippen molar-refractivity contribution in [2.24, 2.45) is 5.10 Å². The molecule has 0 amide bonds. The third-order valence-corrected chi connectivity index (χ3v) is 4.52. The second kappa shape index (κ2) is 6.74. The first-order valence-electron chi connectivity index (χ1n) is 7.82. The molecule has 5 nitrogen and oxygen atoms in total. The van der Waals surface area contributed by atoms with Gasteiger partial charge < -0.3 is 5.11 Å². The van der Waals surface area contributed by atoms with Crippen molar-refractivity contribution < 1.29 is 5.11 Å². The Labute approximate surface area is 159 Å². The quantitative estimate of drug-likeness (QED) is 0.388. The van der Waals surface area contributed by atoms with Crippen LogP contribution in [0.5, 0.6) is 5.75 Å². The molecule has 0 aliphatic rings. The van der Waals surface area contributed by atoms with E-state index in [4.69, 9.17) is 23.8 Å². The van der Waals surface area contributed by atoms with Gasteiger partial charge >= 0.3 is 0 Å². The number of fused-ring (bicyclic) bond motifs is 1. The van der Waals surface area contributed by atoms with Crippen LogP contribution in [0.25, 0.3) is 22.2 Å². The van der Waals surface area contributed by atoms with Gasteiger partial charge in [0.05, 0.1) is 6.21 Å². The van der Waals surface area contributed by atoms with Crippen LogP contribution in [0.2, 0.25) is 5.02 Å². The van der Waals surface area contributed by atoms with E-state index in [0.717, 1.165) is 16.3 Å². The van der Waals surface area contributed by atoms with Crippen molar-refractivity contribution in [3.8, 4) is 17.1 Å². The molecule has 128 valence electrons. The summed E-state index contributed by atoms with van der Waals surface area (Å²) in [6.45, 7) is 0. The lowest BCUT2D eigenvalue weighted by Gasteiger charge is -2.05. The summed E-state index contributed by atoms with van der Waals surface area (Å²) in [6, 6.07) is 18.5. The number of hydrogen-bond donors (Lipinski definition) is 2. The Morgan fingerprint density at radius 1 is 1.08 bits per heavy atom. The van der Waals surface area contributed by atoms with Crippen molar-refractivity contribution in [2.75, 3.05) is 0 Å². The average Bonchev–Trinajstić information content (AvgIpc) is 3.02. The number of aromatic amines is 1. The highest BCUT2D eigenvalue weighted by Crippen LogP contribution is 2.26. The molecular formula is C19H13ClN4OS. The number of rotatable bonds is 3. The Morgan fingerprint density at radius 2 is 1.85 bits per heavy atom. The zero-order chi connectivity index (χ0) is 18.1. The molecule has 0 spiro atoms. The minimum absolute atomic E-state index is 0.149. The largest absolute Gasteiger partial charge is 0.507 e. The van der Waals surface area contributed by atoms with Crippen LogP contribution in [-0.4, -0.2) is 26.2 Å². The molecule has 0 saturated carbocycles. The Balaban J connectivity index is 1.82. The first-order valence-corrected chi connectivity index (χ1v) is 8.60. The maximum atomic E-state index is 10.3. The molecular weight excluding hydrogens is 368 g/mol. The summed E-state index contributed by atoms with van der Waals surface area (Å²) in [6.07, 6.45) is 1.59. The van der Waals surface area contributed by atoms with Crippen molar-refractivity contribution in [2.45, 2.75) is 0 Å². The zero-order valence-electron chi connectivity index (χ0n) is 13.4. The third-order valence-electron chi connectivity index (χ3n) is 4.00. The first-order chi connectivity index (χ1) is 12.6. The molecule has 7 heteroatoms. The van der Waals surface area contributed by atoms with Gasteiger partial charge in [-0.3, -0.25) is 0 Å². The van der Waals surface area contributed by atoms with Gasteiger partial charge in [0.1, 0.15) is 5.75 Å². The Kier molecular flexibility index (Phi) is 4.28. The molecule has 0 radical (unpaired) electrons. The predicted octanol–water partition coefficient (Wildman–Crippen LogP) is 5.00. The minimum atomic E-state index is 0.149. The summed E-state index contributed by atoms with van der Waals surface area (Å²) in [5, 5.41) is 24.2. The lowest BCUT2D eigenvalue weighted by Crippen LogP contribution is -1.96. The number of aromatic hydroxyl groups is 1. The van der Waals surface area contributed by atoms with Gasteiger partial charge in [0, 0.05) is 16.1 Å². The van der Waals surface area contributed by atoms with Crippen molar-refractivity contribution in [1.29, 1.82) is 0 Å². The molecule has 0 unspecified atom stereocenters. The average molecular weight is 381 g/mol. The zero-order valence-corrected chi connectivity index (χ0v) is 15.0. The van der Waals surface area contributed by atoms with E-state index in [-0.39, 0.29) is 5.75 Å². The van der Waals surface area contributed by atoms with E-state index in [1.165, 1.54) is 4.68 Å². The van der Waals surface area contributed by atoms with Crippen LogP contribution in [0, 0.1) is 4.77 Å². The van der Waals surface area contributed by atoms with Gasteiger partial charge in [0.15, 0.2) is 5.82 Å². The molecule has 3 aromatic carbocycles. The molecule has 0 aliphatic heterocycles. The molecule has 0 atom stereocenters. The number of aromatic nitrogens is 3. The number of phenols is 1. The van der Waals surface area contributed by atoms with Gasteiger partial charge in [0.25, 0.3) is 0 Å². The van der Waals surface area contributed by atoms with E-state index in [1.807, 2.05) is 42.5 Å². The van der Waals surface area contributed by atoms with Crippen LogP contribution in [-0.2, 0) is 0 Å². The summed E-state index contributed by atoms with van der Waals surface area (Å²) in [5.74, 6) is 0.707. The van der Waals surface area contributed by atoms with Crippen molar-refractivity contribution in [1.82, 2.24) is 14.9 Å². The smallest absolute Gasteiger partial charge is 0.216 e. The highest BCUT2D eigenvalue weighted by atomic mass is 35.5. The standard InChI is InChI=1S/C19H13ClN4OS/c20-14-8-5-13(6-9-14)18-22-23-19(26)24(18)21-11-16-15-4-2-1-3-12(15)7-10-17(16)25/h1-11,25H,(H,23,26). The molecule has 0 fully saturated rings. The van der Waals surface area contributed by atoms with Crippen LogP contribution in [0.4, 0.5) is 0 Å². The maximum absolute atomic E-state index is 10.3. The number of nitrogens with one attached hydrogen (secondary N) is 1. The fraction of sp³-hybridized carbons (Fsp3) is 0. The van der Waals surface area contributed by atoms with Crippen molar-refractivity contribution in [3.63, 3.8) is 0 Å². The highest BCUT2D eigenvalue weighted by molar-refractivity contribution is 7.71. The summed E-state index contributed by atoms with van der Waals surface area (Å²) < 4.78 is 1.87. The van der Waals surface area contributed by atoms with Gasteiger partial charge in [-0.05, 0) is 53.3 Å². The molecule has 4 rings (SSSR count). The second-order valence-corrected chi connectivity index (χ2v) is 6.46. The highest BCUT2D eigenvalue weighted by Gasteiger charge is 2.09.